The van der Waals surface area contributed by atoms with E-state index in [1.165, 1.54) is 27.9 Å². The number of pyridine rings is 1. The normalized spacial score (nSPS) is 18.6. The molecule has 0 amide bonds. The average molecular weight is 251 g/mol. The lowest BCUT2D eigenvalue weighted by atomic mass is 9.56. The average Bonchev–Trinajstić information content (AvgIpc) is 2.37. The van der Waals surface area contributed by atoms with E-state index < -0.39 is 0 Å². The summed E-state index contributed by atoms with van der Waals surface area (Å²) in [7, 11) is 0. The first-order valence-corrected chi connectivity index (χ1v) is 6.93. The summed E-state index contributed by atoms with van der Waals surface area (Å²) in [5, 5.41) is 0. The quantitative estimate of drug-likeness (QED) is 0.665. The Balaban J connectivity index is 2.47. The highest BCUT2D eigenvalue weighted by Gasteiger charge is 2.46. The van der Waals surface area contributed by atoms with Crippen LogP contribution in [-0.2, 0) is 10.8 Å². The van der Waals surface area contributed by atoms with E-state index in [-0.39, 0.29) is 10.8 Å². The molecule has 0 saturated carbocycles. The van der Waals surface area contributed by atoms with Crippen LogP contribution >= 0.6 is 0 Å². The van der Waals surface area contributed by atoms with Gasteiger partial charge in [-0.3, -0.25) is 4.98 Å². The molecule has 0 bridgehead atoms. The zero-order chi connectivity index (χ0) is 13.8. The molecular weight excluding hydrogens is 230 g/mol. The third kappa shape index (κ3) is 1.44. The molecule has 19 heavy (non-hydrogen) atoms. The van der Waals surface area contributed by atoms with Gasteiger partial charge in [0.25, 0.3) is 0 Å². The fourth-order valence-electron chi connectivity index (χ4n) is 3.29. The maximum Gasteiger partial charge on any atom is 0.0745 e. The van der Waals surface area contributed by atoms with Gasteiger partial charge in [0.05, 0.1) is 5.69 Å². The molecule has 1 heterocycles. The predicted molar refractivity (Wildman–Crippen MR) is 80.5 cm³/mol. The van der Waals surface area contributed by atoms with E-state index in [0.29, 0.717) is 0 Å². The Morgan fingerprint density at radius 1 is 0.842 bits per heavy atom. The summed E-state index contributed by atoms with van der Waals surface area (Å²) in [5.41, 5.74) is 6.79. The summed E-state index contributed by atoms with van der Waals surface area (Å²) in [6.45, 7) is 11.5. The zero-order valence-corrected chi connectivity index (χ0v) is 12.4. The van der Waals surface area contributed by atoms with Crippen molar-refractivity contribution in [2.45, 2.75) is 45.4 Å². The van der Waals surface area contributed by atoms with Crippen LogP contribution < -0.4 is 0 Å². The van der Waals surface area contributed by atoms with Crippen LogP contribution in [0.4, 0.5) is 0 Å². The topological polar surface area (TPSA) is 12.9 Å². The highest BCUT2D eigenvalue weighted by atomic mass is 14.7. The highest BCUT2D eigenvalue weighted by Crippen LogP contribution is 2.53. The lowest BCUT2D eigenvalue weighted by molar-refractivity contribution is 0.298. The molecular formula is C18H21N. The molecule has 0 unspecified atom stereocenters. The van der Waals surface area contributed by atoms with E-state index >= 15 is 0 Å². The molecule has 0 spiro atoms. The highest BCUT2D eigenvalue weighted by molar-refractivity contribution is 5.76. The van der Waals surface area contributed by atoms with Crippen molar-refractivity contribution >= 4 is 0 Å². The van der Waals surface area contributed by atoms with Gasteiger partial charge in [-0.25, -0.2) is 0 Å². The van der Waals surface area contributed by atoms with Crippen LogP contribution in [0.1, 0.15) is 44.4 Å². The second kappa shape index (κ2) is 3.69. The number of hydrogen-bond donors (Lipinski definition) is 0. The summed E-state index contributed by atoms with van der Waals surface area (Å²) < 4.78 is 0. The van der Waals surface area contributed by atoms with Gasteiger partial charge in [-0.05, 0) is 35.1 Å². The summed E-state index contributed by atoms with van der Waals surface area (Å²) >= 11 is 0. The molecule has 1 aromatic heterocycles. The van der Waals surface area contributed by atoms with Crippen molar-refractivity contribution in [1.82, 2.24) is 4.98 Å². The molecule has 1 nitrogen and oxygen atoms in total. The van der Waals surface area contributed by atoms with Crippen LogP contribution in [0, 0.1) is 6.92 Å². The second-order valence-corrected chi connectivity index (χ2v) is 6.65. The zero-order valence-electron chi connectivity index (χ0n) is 12.4. The van der Waals surface area contributed by atoms with Gasteiger partial charge in [0, 0.05) is 17.2 Å². The number of aromatic nitrogens is 1. The van der Waals surface area contributed by atoms with Gasteiger partial charge in [-0.15, -0.1) is 0 Å². The Hall–Kier alpha value is -1.63. The maximum absolute atomic E-state index is 4.68. The lowest BCUT2D eigenvalue weighted by Crippen LogP contribution is -2.43. The molecule has 0 atom stereocenters. The molecule has 3 rings (SSSR count). The van der Waals surface area contributed by atoms with Crippen LogP contribution in [0.5, 0.6) is 0 Å². The minimum Gasteiger partial charge on any atom is -0.256 e. The predicted octanol–water partition coefficient (Wildman–Crippen LogP) is 4.63. The van der Waals surface area contributed by atoms with Crippen LogP contribution in [0.25, 0.3) is 11.3 Å². The van der Waals surface area contributed by atoms with E-state index in [2.05, 4.69) is 69.9 Å². The molecule has 0 N–H and O–H groups in total. The monoisotopic (exact) mass is 251 g/mol. The number of nitrogens with zero attached hydrogens (tertiary/aromatic N) is 1. The first kappa shape index (κ1) is 12.4. The number of hydrogen-bond acceptors (Lipinski definition) is 1. The third-order valence-corrected chi connectivity index (χ3v) is 5.23. The van der Waals surface area contributed by atoms with Crippen molar-refractivity contribution in [3.8, 4) is 11.3 Å². The summed E-state index contributed by atoms with van der Waals surface area (Å²) in [6.07, 6.45) is 1.91. The third-order valence-electron chi connectivity index (χ3n) is 5.23. The Labute approximate surface area is 115 Å². The molecule has 1 heteroatoms. The van der Waals surface area contributed by atoms with Gasteiger partial charge in [0.1, 0.15) is 0 Å². The van der Waals surface area contributed by atoms with E-state index in [9.17, 15) is 0 Å². The van der Waals surface area contributed by atoms with E-state index in [1.54, 1.807) is 0 Å². The van der Waals surface area contributed by atoms with Crippen molar-refractivity contribution in [3.63, 3.8) is 0 Å². The molecule has 2 aromatic rings. The number of benzene rings is 1. The van der Waals surface area contributed by atoms with Gasteiger partial charge in [0.2, 0.25) is 0 Å². The first-order chi connectivity index (χ1) is 8.87. The summed E-state index contributed by atoms with van der Waals surface area (Å²) in [5.74, 6) is 0. The molecule has 0 radical (unpaired) electrons. The lowest BCUT2D eigenvalue weighted by Gasteiger charge is -2.48. The fourth-order valence-corrected chi connectivity index (χ4v) is 3.29. The first-order valence-electron chi connectivity index (χ1n) is 6.93. The van der Waals surface area contributed by atoms with Gasteiger partial charge >= 0.3 is 0 Å². The minimum atomic E-state index is 0.0807. The van der Waals surface area contributed by atoms with Gasteiger partial charge in [-0.2, -0.15) is 0 Å². The van der Waals surface area contributed by atoms with Crippen LogP contribution in [0.3, 0.4) is 0 Å². The number of fused-ring (bicyclic) bond motifs is 3. The summed E-state index contributed by atoms with van der Waals surface area (Å²) in [6, 6.07) is 10.9. The second-order valence-electron chi connectivity index (χ2n) is 6.65. The number of aryl methyl sites for hydroxylation is 1. The van der Waals surface area contributed by atoms with Crippen LogP contribution in [0.15, 0.2) is 36.5 Å². The van der Waals surface area contributed by atoms with Gasteiger partial charge in [-0.1, -0.05) is 52.0 Å². The Kier molecular flexibility index (Phi) is 2.41. The van der Waals surface area contributed by atoms with Crippen molar-refractivity contribution in [2.75, 3.05) is 0 Å². The smallest absolute Gasteiger partial charge is 0.0745 e. The van der Waals surface area contributed by atoms with Crippen molar-refractivity contribution in [3.05, 3.63) is 53.2 Å². The fraction of sp³-hybridized carbons (Fsp3) is 0.389. The molecule has 1 aliphatic carbocycles. The largest absolute Gasteiger partial charge is 0.256 e. The Morgan fingerprint density at radius 2 is 1.47 bits per heavy atom. The Morgan fingerprint density at radius 3 is 2.21 bits per heavy atom. The van der Waals surface area contributed by atoms with Gasteiger partial charge < -0.3 is 0 Å². The summed E-state index contributed by atoms with van der Waals surface area (Å²) in [4.78, 5) is 4.68. The molecule has 0 fully saturated rings. The maximum atomic E-state index is 4.68. The molecule has 98 valence electrons. The Bertz CT molecular complexity index is 650. The van der Waals surface area contributed by atoms with E-state index in [4.69, 9.17) is 0 Å². The molecule has 1 aromatic carbocycles. The number of rotatable bonds is 0. The van der Waals surface area contributed by atoms with Crippen molar-refractivity contribution < 1.29 is 0 Å². The standard InChI is InChI=1S/C18H21N/c1-12-8-6-9-13-15(12)16-14(10-7-11-19-16)18(4,5)17(13,2)3/h6-11H,1-5H3. The van der Waals surface area contributed by atoms with Crippen LogP contribution in [0.2, 0.25) is 0 Å². The SMILES string of the molecule is Cc1cccc2c1-c1ncccc1C(C)(C)C2(C)C. The van der Waals surface area contributed by atoms with Crippen molar-refractivity contribution in [1.29, 1.82) is 0 Å². The molecule has 0 saturated heterocycles. The molecule has 1 aliphatic rings. The van der Waals surface area contributed by atoms with E-state index in [0.717, 1.165) is 0 Å². The minimum absolute atomic E-state index is 0.0807. The van der Waals surface area contributed by atoms with Crippen LogP contribution in [-0.4, -0.2) is 4.98 Å². The molecule has 0 aliphatic heterocycles. The van der Waals surface area contributed by atoms with E-state index in [1.807, 2.05) is 6.20 Å². The van der Waals surface area contributed by atoms with Crippen molar-refractivity contribution in [2.24, 2.45) is 0 Å². The van der Waals surface area contributed by atoms with Gasteiger partial charge in [0.15, 0.2) is 0 Å².